The van der Waals surface area contributed by atoms with Crippen molar-refractivity contribution in [3.8, 4) is 0 Å². The molecule has 0 saturated heterocycles. The van der Waals surface area contributed by atoms with Crippen LogP contribution >= 0.6 is 15.9 Å². The van der Waals surface area contributed by atoms with E-state index in [-0.39, 0.29) is 12.5 Å². The van der Waals surface area contributed by atoms with Gasteiger partial charge in [0.15, 0.2) is 0 Å². The second kappa shape index (κ2) is 5.14. The molecule has 0 aliphatic carbocycles. The van der Waals surface area contributed by atoms with Crippen molar-refractivity contribution in [1.29, 1.82) is 0 Å². The Hall–Kier alpha value is -1.07. The molecule has 1 unspecified atom stereocenters. The van der Waals surface area contributed by atoms with E-state index in [9.17, 15) is 4.79 Å². The summed E-state index contributed by atoms with van der Waals surface area (Å²) in [5.41, 5.74) is 6.69. The molecule has 0 radical (unpaired) electrons. The minimum absolute atomic E-state index is 0.225. The highest BCUT2D eigenvalue weighted by atomic mass is 79.9. The topological polar surface area (TPSA) is 75.3 Å². The molecule has 0 aliphatic heterocycles. The largest absolute Gasteiger partial charge is 0.398 e. The molecule has 0 aromatic heterocycles. The molecule has 1 amide bonds. The van der Waals surface area contributed by atoms with Gasteiger partial charge in [-0.3, -0.25) is 4.79 Å². The summed E-state index contributed by atoms with van der Waals surface area (Å²) in [4.78, 5) is 11.5. The van der Waals surface area contributed by atoms with Gasteiger partial charge in [-0.05, 0) is 41.1 Å². The predicted octanol–water partition coefficient (Wildman–Crippen LogP) is 1.14. The number of carbonyl (C=O) groups excluding carboxylic acids is 1. The summed E-state index contributed by atoms with van der Waals surface area (Å²) in [6.45, 7) is 1.85. The maximum Gasteiger partial charge on any atom is 0.251 e. The van der Waals surface area contributed by atoms with E-state index < -0.39 is 6.10 Å². The number of nitrogen functional groups attached to an aromatic ring is 1. The predicted molar refractivity (Wildman–Crippen MR) is 62.6 cm³/mol. The minimum atomic E-state index is -0.550. The molecule has 1 aromatic carbocycles. The number of benzene rings is 1. The Morgan fingerprint density at radius 1 is 1.67 bits per heavy atom. The van der Waals surface area contributed by atoms with Crippen molar-refractivity contribution >= 4 is 27.5 Å². The fraction of sp³-hybridized carbons (Fsp3) is 0.300. The molecule has 82 valence electrons. The number of halogens is 1. The van der Waals surface area contributed by atoms with Gasteiger partial charge in [0.2, 0.25) is 0 Å². The average Bonchev–Trinajstić information content (AvgIpc) is 2.18. The third kappa shape index (κ3) is 3.53. The molecule has 0 aliphatic rings. The van der Waals surface area contributed by atoms with Crippen molar-refractivity contribution in [2.45, 2.75) is 13.0 Å². The summed E-state index contributed by atoms with van der Waals surface area (Å²) < 4.78 is 0.687. The zero-order valence-corrected chi connectivity index (χ0v) is 9.91. The average molecular weight is 273 g/mol. The molecule has 0 heterocycles. The standard InChI is InChI=1S/C10H13BrN2O2/c1-6(14)5-13-10(15)7-2-3-9(12)8(11)4-7/h2-4,6,14H,5,12H2,1H3,(H,13,15). The number of nitrogens with two attached hydrogens (primary N) is 1. The van der Waals surface area contributed by atoms with E-state index in [1.807, 2.05) is 0 Å². The Bertz CT molecular complexity index is 366. The number of aliphatic hydroxyl groups excluding tert-OH is 1. The maximum absolute atomic E-state index is 11.5. The van der Waals surface area contributed by atoms with E-state index in [2.05, 4.69) is 21.2 Å². The first kappa shape index (κ1) is 12.0. The first-order valence-electron chi connectivity index (χ1n) is 4.52. The van der Waals surface area contributed by atoms with Gasteiger partial charge in [0.05, 0.1) is 6.10 Å². The van der Waals surface area contributed by atoms with Crippen molar-refractivity contribution in [3.63, 3.8) is 0 Å². The SMILES string of the molecule is CC(O)CNC(=O)c1ccc(N)c(Br)c1. The number of aliphatic hydroxyl groups is 1. The summed E-state index contributed by atoms with van der Waals surface area (Å²) in [7, 11) is 0. The molecule has 4 nitrogen and oxygen atoms in total. The van der Waals surface area contributed by atoms with Gasteiger partial charge in [0.25, 0.3) is 5.91 Å². The Labute approximate surface area is 96.6 Å². The Balaban J connectivity index is 2.70. The summed E-state index contributed by atoms with van der Waals surface area (Å²) in [6, 6.07) is 4.94. The van der Waals surface area contributed by atoms with Crippen molar-refractivity contribution in [1.82, 2.24) is 5.32 Å². The van der Waals surface area contributed by atoms with Crippen LogP contribution in [0.4, 0.5) is 5.69 Å². The second-order valence-corrected chi connectivity index (χ2v) is 4.15. The molecule has 1 rings (SSSR count). The lowest BCUT2D eigenvalue weighted by molar-refractivity contribution is 0.0924. The van der Waals surface area contributed by atoms with E-state index >= 15 is 0 Å². The molecule has 0 saturated carbocycles. The summed E-state index contributed by atoms with van der Waals surface area (Å²) in [6.07, 6.45) is -0.550. The van der Waals surface area contributed by atoms with Gasteiger partial charge in [0, 0.05) is 22.3 Å². The van der Waals surface area contributed by atoms with E-state index in [0.29, 0.717) is 15.7 Å². The van der Waals surface area contributed by atoms with Gasteiger partial charge >= 0.3 is 0 Å². The van der Waals surface area contributed by atoms with Gasteiger partial charge in [0.1, 0.15) is 0 Å². The second-order valence-electron chi connectivity index (χ2n) is 3.30. The van der Waals surface area contributed by atoms with Crippen LogP contribution in [0.2, 0.25) is 0 Å². The number of amides is 1. The molecular weight excluding hydrogens is 260 g/mol. The van der Waals surface area contributed by atoms with Gasteiger partial charge < -0.3 is 16.2 Å². The Kier molecular flexibility index (Phi) is 4.11. The Morgan fingerprint density at radius 3 is 2.87 bits per heavy atom. The number of anilines is 1. The van der Waals surface area contributed by atoms with Crippen LogP contribution in [0.3, 0.4) is 0 Å². The quantitative estimate of drug-likeness (QED) is 0.723. The number of nitrogens with one attached hydrogen (secondary N) is 1. The van der Waals surface area contributed by atoms with Gasteiger partial charge in [-0.1, -0.05) is 0 Å². The fourth-order valence-electron chi connectivity index (χ4n) is 1.01. The molecule has 0 fully saturated rings. The van der Waals surface area contributed by atoms with Crippen LogP contribution < -0.4 is 11.1 Å². The molecule has 15 heavy (non-hydrogen) atoms. The van der Waals surface area contributed by atoms with Gasteiger partial charge in [-0.25, -0.2) is 0 Å². The van der Waals surface area contributed by atoms with E-state index in [0.717, 1.165) is 0 Å². The number of hydrogen-bond acceptors (Lipinski definition) is 3. The third-order valence-corrected chi connectivity index (χ3v) is 2.51. The summed E-state index contributed by atoms with van der Waals surface area (Å²) in [5, 5.41) is 11.6. The van der Waals surface area contributed by atoms with Crippen molar-refractivity contribution in [2.24, 2.45) is 0 Å². The first-order valence-corrected chi connectivity index (χ1v) is 5.31. The molecule has 1 aromatic rings. The molecule has 5 heteroatoms. The highest BCUT2D eigenvalue weighted by molar-refractivity contribution is 9.10. The summed E-state index contributed by atoms with van der Waals surface area (Å²) in [5.74, 6) is -0.225. The smallest absolute Gasteiger partial charge is 0.251 e. The fourth-order valence-corrected chi connectivity index (χ4v) is 1.39. The highest BCUT2D eigenvalue weighted by Crippen LogP contribution is 2.20. The van der Waals surface area contributed by atoms with Crippen LogP contribution in [-0.2, 0) is 0 Å². The molecule has 0 spiro atoms. The van der Waals surface area contributed by atoms with Crippen LogP contribution in [0.15, 0.2) is 22.7 Å². The van der Waals surface area contributed by atoms with Crippen LogP contribution in [0.1, 0.15) is 17.3 Å². The summed E-state index contributed by atoms with van der Waals surface area (Å²) >= 11 is 3.24. The Morgan fingerprint density at radius 2 is 2.33 bits per heavy atom. The number of hydrogen-bond donors (Lipinski definition) is 3. The molecule has 4 N–H and O–H groups in total. The highest BCUT2D eigenvalue weighted by Gasteiger charge is 2.07. The van der Waals surface area contributed by atoms with Crippen LogP contribution in [0.5, 0.6) is 0 Å². The zero-order valence-electron chi connectivity index (χ0n) is 8.33. The number of carbonyl (C=O) groups is 1. The van der Waals surface area contributed by atoms with E-state index in [4.69, 9.17) is 10.8 Å². The van der Waals surface area contributed by atoms with E-state index in [1.54, 1.807) is 25.1 Å². The first-order chi connectivity index (χ1) is 7.00. The van der Waals surface area contributed by atoms with Crippen molar-refractivity contribution < 1.29 is 9.90 Å². The van der Waals surface area contributed by atoms with Gasteiger partial charge in [-0.15, -0.1) is 0 Å². The van der Waals surface area contributed by atoms with Crippen LogP contribution in [0.25, 0.3) is 0 Å². The van der Waals surface area contributed by atoms with Crippen LogP contribution in [-0.4, -0.2) is 23.7 Å². The monoisotopic (exact) mass is 272 g/mol. The van der Waals surface area contributed by atoms with Crippen LogP contribution in [0, 0.1) is 0 Å². The third-order valence-electron chi connectivity index (χ3n) is 1.82. The maximum atomic E-state index is 11.5. The normalized spacial score (nSPS) is 12.2. The molecule has 0 bridgehead atoms. The van der Waals surface area contributed by atoms with Crippen molar-refractivity contribution in [3.05, 3.63) is 28.2 Å². The van der Waals surface area contributed by atoms with E-state index in [1.165, 1.54) is 0 Å². The zero-order chi connectivity index (χ0) is 11.4. The lowest BCUT2D eigenvalue weighted by Gasteiger charge is -2.07. The lowest BCUT2D eigenvalue weighted by Crippen LogP contribution is -2.30. The minimum Gasteiger partial charge on any atom is -0.398 e. The molecule has 1 atom stereocenters. The van der Waals surface area contributed by atoms with Crippen molar-refractivity contribution in [2.75, 3.05) is 12.3 Å². The van der Waals surface area contributed by atoms with Gasteiger partial charge in [-0.2, -0.15) is 0 Å². The lowest BCUT2D eigenvalue weighted by atomic mass is 10.2. The number of rotatable bonds is 3. The molecular formula is C10H13BrN2O2.